The molecule has 1 nitrogen and oxygen atoms in total. The van der Waals surface area contributed by atoms with Crippen LogP contribution in [0.5, 0.6) is 0 Å². The molecule has 0 atom stereocenters. The number of halogens is 5. The summed E-state index contributed by atoms with van der Waals surface area (Å²) in [5.74, 6) is 0. The van der Waals surface area contributed by atoms with Gasteiger partial charge in [-0.15, -0.1) is 0 Å². The van der Waals surface area contributed by atoms with E-state index in [9.17, 15) is 14.1 Å². The summed E-state index contributed by atoms with van der Waals surface area (Å²) < 4.78 is 49.6. The first kappa shape index (κ1) is 10.4. The Hall–Kier alpha value is 0.428. The topological polar surface area (TPSA) is 35.0 Å². The van der Waals surface area contributed by atoms with E-state index in [0.29, 0.717) is 0 Å². The van der Waals surface area contributed by atoms with Gasteiger partial charge < -0.3 is 6.15 Å². The fraction of sp³-hybridized carbons (Fsp3) is 0. The van der Waals surface area contributed by atoms with Crippen molar-refractivity contribution in [2.75, 3.05) is 0 Å². The van der Waals surface area contributed by atoms with E-state index in [-0.39, 0.29) is 6.15 Å². The summed E-state index contributed by atoms with van der Waals surface area (Å²) in [6, 6.07) is 0. The van der Waals surface area contributed by atoms with Crippen molar-refractivity contribution in [3.8, 4) is 0 Å². The number of rotatable bonds is 0. The Morgan fingerprint density at radius 1 is 0.714 bits per heavy atom. The molecule has 0 aliphatic heterocycles. The molecule has 7 heavy (non-hydrogen) atoms. The molecule has 0 saturated heterocycles. The van der Waals surface area contributed by atoms with E-state index in [4.69, 9.17) is 0 Å². The van der Waals surface area contributed by atoms with Crippen molar-refractivity contribution >= 4 is 20.3 Å². The minimum absolute atomic E-state index is 0. The van der Waals surface area contributed by atoms with Crippen LogP contribution in [0.25, 0.3) is 0 Å². The molecule has 0 fully saturated rings. The van der Waals surface area contributed by atoms with E-state index in [1.165, 1.54) is 0 Å². The molecule has 0 heterocycles. The first-order chi connectivity index (χ1) is 2.24. The Morgan fingerprint density at radius 2 is 0.714 bits per heavy atom. The molecular weight excluding hydrogens is 231 g/mol. The predicted octanol–water partition coefficient (Wildman–Crippen LogP) is 1.88. The molecular formula is H3F5NSb. The Labute approximate surface area is 41.1 Å². The maximum atomic E-state index is 9.91. The quantitative estimate of drug-likeness (QED) is 0.503. The van der Waals surface area contributed by atoms with Crippen molar-refractivity contribution in [2.45, 2.75) is 0 Å². The zero-order valence-electron chi connectivity index (χ0n) is 3.04. The molecule has 0 unspecified atom stereocenters. The summed E-state index contributed by atoms with van der Waals surface area (Å²) >= 11 is -9.19. The van der Waals surface area contributed by atoms with Gasteiger partial charge in [0.15, 0.2) is 0 Å². The van der Waals surface area contributed by atoms with E-state index < -0.39 is 20.3 Å². The van der Waals surface area contributed by atoms with Gasteiger partial charge in [0.05, 0.1) is 0 Å². The average Bonchev–Trinajstić information content (AvgIpc) is 0.650. The summed E-state index contributed by atoms with van der Waals surface area (Å²) in [5.41, 5.74) is 0. The number of hydrogen-bond acceptors (Lipinski definition) is 1. The molecule has 0 saturated carbocycles. The molecule has 3 N–H and O–H groups in total. The Kier molecular flexibility index (Phi) is 2.59. The van der Waals surface area contributed by atoms with Crippen LogP contribution in [0.1, 0.15) is 0 Å². The summed E-state index contributed by atoms with van der Waals surface area (Å²) in [6.07, 6.45) is 0. The summed E-state index contributed by atoms with van der Waals surface area (Å²) in [5, 5.41) is 0. The van der Waals surface area contributed by atoms with E-state index in [0.717, 1.165) is 0 Å². The SMILES string of the molecule is N.[F][Sb]([F])([F])([F])[F]. The van der Waals surface area contributed by atoms with Gasteiger partial charge in [0.2, 0.25) is 0 Å². The van der Waals surface area contributed by atoms with Crippen LogP contribution >= 0.6 is 0 Å². The first-order valence-electron chi connectivity index (χ1n) is 0.845. The van der Waals surface area contributed by atoms with Gasteiger partial charge in [-0.1, -0.05) is 0 Å². The third-order valence-corrected chi connectivity index (χ3v) is 0. The minimum atomic E-state index is -9.19. The third kappa shape index (κ3) is 688. The van der Waals surface area contributed by atoms with E-state index in [1.54, 1.807) is 0 Å². The Balaban J connectivity index is 0. The van der Waals surface area contributed by atoms with Crippen LogP contribution in [0.2, 0.25) is 0 Å². The monoisotopic (exact) mass is 233 g/mol. The summed E-state index contributed by atoms with van der Waals surface area (Å²) in [7, 11) is 0. The second kappa shape index (κ2) is 1.74. The van der Waals surface area contributed by atoms with Gasteiger partial charge in [-0.2, -0.15) is 0 Å². The molecule has 0 radical (unpaired) electrons. The molecule has 0 aromatic carbocycles. The standard InChI is InChI=1S/5FH.H3N.Sb/h5*1H;1H3;/q;;;;;;+5/p-5. The molecule has 0 spiro atoms. The van der Waals surface area contributed by atoms with Crippen LogP contribution in [-0.2, 0) is 0 Å². The van der Waals surface area contributed by atoms with Gasteiger partial charge in [0, 0.05) is 0 Å². The van der Waals surface area contributed by atoms with Crippen LogP contribution in [0, 0.1) is 0 Å². The molecule has 0 rings (SSSR count). The van der Waals surface area contributed by atoms with E-state index >= 15 is 0 Å². The zero-order valence-corrected chi connectivity index (χ0v) is 5.60. The predicted molar refractivity (Wildman–Crippen MR) is 16.3 cm³/mol. The van der Waals surface area contributed by atoms with Crippen molar-refractivity contribution in [1.82, 2.24) is 6.15 Å². The van der Waals surface area contributed by atoms with Gasteiger partial charge >= 0.3 is 34.4 Å². The second-order valence-electron chi connectivity index (χ2n) is 0.639. The normalized spacial score (nSPS) is 16.4. The van der Waals surface area contributed by atoms with Crippen LogP contribution in [0.3, 0.4) is 0 Å². The van der Waals surface area contributed by atoms with Crippen molar-refractivity contribution in [3.05, 3.63) is 0 Å². The van der Waals surface area contributed by atoms with Gasteiger partial charge in [-0.3, -0.25) is 0 Å². The molecule has 0 aromatic heterocycles. The van der Waals surface area contributed by atoms with Crippen LogP contribution in [-0.4, -0.2) is 20.3 Å². The fourth-order valence-corrected chi connectivity index (χ4v) is 0. The van der Waals surface area contributed by atoms with Crippen molar-refractivity contribution in [2.24, 2.45) is 0 Å². The summed E-state index contributed by atoms with van der Waals surface area (Å²) in [4.78, 5) is 0. The van der Waals surface area contributed by atoms with Crippen LogP contribution in [0.4, 0.5) is 14.1 Å². The third-order valence-electron chi connectivity index (χ3n) is 0. The number of hydrogen-bond donors (Lipinski definition) is 1. The fourth-order valence-electron chi connectivity index (χ4n) is 0. The molecule has 0 bridgehead atoms. The molecule has 7 heteroatoms. The average molecular weight is 234 g/mol. The van der Waals surface area contributed by atoms with Gasteiger partial charge in [-0.05, 0) is 0 Å². The Morgan fingerprint density at radius 3 is 0.714 bits per heavy atom. The van der Waals surface area contributed by atoms with E-state index in [2.05, 4.69) is 0 Å². The van der Waals surface area contributed by atoms with Crippen molar-refractivity contribution in [1.29, 1.82) is 0 Å². The Bertz CT molecular complexity index is 41.3. The first-order valence-corrected chi connectivity index (χ1v) is 5.67. The zero-order chi connectivity index (χ0) is 5.45. The molecule has 0 aliphatic carbocycles. The van der Waals surface area contributed by atoms with E-state index in [1.807, 2.05) is 0 Å². The van der Waals surface area contributed by atoms with Crippen molar-refractivity contribution in [3.63, 3.8) is 0 Å². The molecule has 0 aliphatic rings. The van der Waals surface area contributed by atoms with Crippen molar-refractivity contribution < 1.29 is 14.1 Å². The van der Waals surface area contributed by atoms with Gasteiger partial charge in [-0.25, -0.2) is 0 Å². The van der Waals surface area contributed by atoms with Crippen LogP contribution in [0.15, 0.2) is 0 Å². The van der Waals surface area contributed by atoms with Crippen LogP contribution < -0.4 is 6.15 Å². The second-order valence-corrected chi connectivity index (χ2v) is 4.29. The molecule has 0 aromatic rings. The summed E-state index contributed by atoms with van der Waals surface area (Å²) in [6.45, 7) is 0. The maximum absolute atomic E-state index is 9.91. The molecule has 0 amide bonds. The van der Waals surface area contributed by atoms with Gasteiger partial charge in [0.25, 0.3) is 0 Å². The van der Waals surface area contributed by atoms with Gasteiger partial charge in [0.1, 0.15) is 0 Å². The molecule has 48 valence electrons.